The lowest BCUT2D eigenvalue weighted by Gasteiger charge is -2.36. The SMILES string of the molecule is CCc1ccccc1C(=O)N1CCC(C)CC1C(=O)O. The van der Waals surface area contributed by atoms with E-state index in [0.717, 1.165) is 18.4 Å². The van der Waals surface area contributed by atoms with Crippen LogP contribution in [-0.2, 0) is 11.2 Å². The van der Waals surface area contributed by atoms with Crippen molar-refractivity contribution in [2.75, 3.05) is 6.54 Å². The molecule has 1 saturated heterocycles. The van der Waals surface area contributed by atoms with Crippen LogP contribution in [0.15, 0.2) is 24.3 Å². The Morgan fingerprint density at radius 1 is 1.35 bits per heavy atom. The van der Waals surface area contributed by atoms with Crippen molar-refractivity contribution in [3.63, 3.8) is 0 Å². The number of carbonyl (C=O) groups is 2. The van der Waals surface area contributed by atoms with Gasteiger partial charge in [-0.05, 0) is 36.8 Å². The van der Waals surface area contributed by atoms with Gasteiger partial charge in [0.15, 0.2) is 0 Å². The topological polar surface area (TPSA) is 57.6 Å². The fraction of sp³-hybridized carbons (Fsp3) is 0.500. The van der Waals surface area contributed by atoms with Crippen molar-refractivity contribution in [1.29, 1.82) is 0 Å². The second-order valence-electron chi connectivity index (χ2n) is 5.49. The molecule has 0 radical (unpaired) electrons. The number of amides is 1. The number of aryl methyl sites for hydroxylation is 1. The van der Waals surface area contributed by atoms with E-state index in [-0.39, 0.29) is 5.91 Å². The molecule has 1 aliphatic rings. The highest BCUT2D eigenvalue weighted by atomic mass is 16.4. The largest absolute Gasteiger partial charge is 0.480 e. The van der Waals surface area contributed by atoms with Crippen molar-refractivity contribution < 1.29 is 14.7 Å². The van der Waals surface area contributed by atoms with E-state index < -0.39 is 12.0 Å². The maximum atomic E-state index is 12.7. The van der Waals surface area contributed by atoms with Gasteiger partial charge in [0, 0.05) is 12.1 Å². The maximum Gasteiger partial charge on any atom is 0.326 e. The van der Waals surface area contributed by atoms with Crippen molar-refractivity contribution in [2.45, 2.75) is 39.2 Å². The van der Waals surface area contributed by atoms with Crippen molar-refractivity contribution in [3.05, 3.63) is 35.4 Å². The zero-order valence-electron chi connectivity index (χ0n) is 12.0. The molecule has 1 aliphatic heterocycles. The molecule has 1 aromatic carbocycles. The van der Waals surface area contributed by atoms with Crippen LogP contribution >= 0.6 is 0 Å². The van der Waals surface area contributed by atoms with Gasteiger partial charge >= 0.3 is 5.97 Å². The summed E-state index contributed by atoms with van der Waals surface area (Å²) in [4.78, 5) is 25.6. The number of piperidine rings is 1. The number of benzene rings is 1. The number of likely N-dealkylation sites (tertiary alicyclic amines) is 1. The van der Waals surface area contributed by atoms with E-state index in [1.54, 1.807) is 6.07 Å². The van der Waals surface area contributed by atoms with E-state index >= 15 is 0 Å². The predicted molar refractivity (Wildman–Crippen MR) is 76.7 cm³/mol. The normalized spacial score (nSPS) is 22.6. The molecule has 1 N–H and O–H groups in total. The molecule has 1 aromatic rings. The molecule has 0 spiro atoms. The highest BCUT2D eigenvalue weighted by Crippen LogP contribution is 2.25. The fourth-order valence-electron chi connectivity index (χ4n) is 2.81. The average molecular weight is 275 g/mol. The average Bonchev–Trinajstić information content (AvgIpc) is 2.46. The van der Waals surface area contributed by atoms with Crippen LogP contribution in [0.4, 0.5) is 0 Å². The van der Waals surface area contributed by atoms with E-state index in [9.17, 15) is 14.7 Å². The Kier molecular flexibility index (Phi) is 4.42. The summed E-state index contributed by atoms with van der Waals surface area (Å²) >= 11 is 0. The molecule has 1 amide bonds. The highest BCUT2D eigenvalue weighted by Gasteiger charge is 2.35. The Morgan fingerprint density at radius 2 is 2.05 bits per heavy atom. The quantitative estimate of drug-likeness (QED) is 0.922. The molecule has 4 heteroatoms. The second kappa shape index (κ2) is 6.07. The molecular formula is C16H21NO3. The molecule has 0 aromatic heterocycles. The molecule has 108 valence electrons. The summed E-state index contributed by atoms with van der Waals surface area (Å²) in [6.45, 7) is 4.56. The van der Waals surface area contributed by atoms with Gasteiger partial charge in [0.05, 0.1) is 0 Å². The molecule has 4 nitrogen and oxygen atoms in total. The van der Waals surface area contributed by atoms with Crippen LogP contribution < -0.4 is 0 Å². The molecule has 0 bridgehead atoms. The number of carboxylic acid groups (broad SMARTS) is 1. The number of carboxylic acids is 1. The predicted octanol–water partition coefficient (Wildman–Crippen LogP) is 2.57. The zero-order chi connectivity index (χ0) is 14.7. The third-order valence-corrected chi connectivity index (χ3v) is 4.04. The van der Waals surface area contributed by atoms with Gasteiger partial charge in [-0.3, -0.25) is 4.79 Å². The third kappa shape index (κ3) is 2.84. The van der Waals surface area contributed by atoms with Gasteiger partial charge in [-0.25, -0.2) is 4.79 Å². The number of rotatable bonds is 3. The van der Waals surface area contributed by atoms with Crippen LogP contribution in [0, 0.1) is 5.92 Å². The number of aliphatic carboxylic acids is 1. The van der Waals surface area contributed by atoms with Gasteiger partial charge in [-0.2, -0.15) is 0 Å². The lowest BCUT2D eigenvalue weighted by Crippen LogP contribution is -2.50. The van der Waals surface area contributed by atoms with E-state index in [0.29, 0.717) is 24.4 Å². The summed E-state index contributed by atoms with van der Waals surface area (Å²) in [5, 5.41) is 9.35. The molecule has 1 fully saturated rings. The molecule has 20 heavy (non-hydrogen) atoms. The second-order valence-corrected chi connectivity index (χ2v) is 5.49. The Morgan fingerprint density at radius 3 is 2.70 bits per heavy atom. The van der Waals surface area contributed by atoms with Crippen molar-refractivity contribution in [3.8, 4) is 0 Å². The summed E-state index contributed by atoms with van der Waals surface area (Å²) in [5.74, 6) is -0.706. The van der Waals surface area contributed by atoms with Crippen LogP contribution in [0.3, 0.4) is 0 Å². The Labute approximate surface area is 119 Å². The molecule has 2 unspecified atom stereocenters. The highest BCUT2D eigenvalue weighted by molar-refractivity contribution is 5.98. The third-order valence-electron chi connectivity index (χ3n) is 4.04. The number of hydrogen-bond donors (Lipinski definition) is 1. The van der Waals surface area contributed by atoms with Crippen molar-refractivity contribution in [1.82, 2.24) is 4.90 Å². The van der Waals surface area contributed by atoms with E-state index in [2.05, 4.69) is 0 Å². The van der Waals surface area contributed by atoms with Crippen LogP contribution in [0.2, 0.25) is 0 Å². The maximum absolute atomic E-state index is 12.7. The van der Waals surface area contributed by atoms with E-state index in [4.69, 9.17) is 0 Å². The fourth-order valence-corrected chi connectivity index (χ4v) is 2.81. The van der Waals surface area contributed by atoms with Crippen molar-refractivity contribution >= 4 is 11.9 Å². The Bertz CT molecular complexity index is 512. The van der Waals surface area contributed by atoms with Gasteiger partial charge in [-0.15, -0.1) is 0 Å². The van der Waals surface area contributed by atoms with Crippen LogP contribution in [0.5, 0.6) is 0 Å². The lowest BCUT2D eigenvalue weighted by molar-refractivity contribution is -0.144. The van der Waals surface area contributed by atoms with Gasteiger partial charge in [0.1, 0.15) is 6.04 Å². The van der Waals surface area contributed by atoms with Crippen molar-refractivity contribution in [2.24, 2.45) is 5.92 Å². The van der Waals surface area contributed by atoms with Crippen LogP contribution in [-0.4, -0.2) is 34.5 Å². The van der Waals surface area contributed by atoms with Gasteiger partial charge in [0.25, 0.3) is 5.91 Å². The summed E-state index contributed by atoms with van der Waals surface area (Å²) in [7, 11) is 0. The monoisotopic (exact) mass is 275 g/mol. The first-order valence-corrected chi connectivity index (χ1v) is 7.16. The smallest absolute Gasteiger partial charge is 0.326 e. The van der Waals surface area contributed by atoms with E-state index in [1.807, 2.05) is 32.0 Å². The zero-order valence-corrected chi connectivity index (χ0v) is 12.0. The number of nitrogens with zero attached hydrogens (tertiary/aromatic N) is 1. The Hall–Kier alpha value is -1.84. The minimum atomic E-state index is -0.904. The molecule has 0 aliphatic carbocycles. The first-order chi connectivity index (χ1) is 9.54. The first kappa shape index (κ1) is 14.6. The summed E-state index contributed by atoms with van der Waals surface area (Å²) in [5.41, 5.74) is 1.61. The van der Waals surface area contributed by atoms with Gasteiger partial charge in [0.2, 0.25) is 0 Å². The lowest BCUT2D eigenvalue weighted by atomic mass is 9.91. The first-order valence-electron chi connectivity index (χ1n) is 7.16. The van der Waals surface area contributed by atoms with Gasteiger partial charge < -0.3 is 10.0 Å². The molecule has 2 atom stereocenters. The number of hydrogen-bond acceptors (Lipinski definition) is 2. The Balaban J connectivity index is 2.29. The van der Waals surface area contributed by atoms with E-state index in [1.165, 1.54) is 4.90 Å². The molecule has 2 rings (SSSR count). The summed E-state index contributed by atoms with van der Waals surface area (Å²) in [6.07, 6.45) is 2.17. The number of carbonyl (C=O) groups excluding carboxylic acids is 1. The summed E-state index contributed by atoms with van der Waals surface area (Å²) in [6, 6.07) is 6.75. The molecule has 1 heterocycles. The van der Waals surface area contributed by atoms with Gasteiger partial charge in [-0.1, -0.05) is 32.0 Å². The molecular weight excluding hydrogens is 254 g/mol. The van der Waals surface area contributed by atoms with Crippen LogP contribution in [0.25, 0.3) is 0 Å². The molecule has 0 saturated carbocycles. The summed E-state index contributed by atoms with van der Waals surface area (Å²) < 4.78 is 0. The standard InChI is InChI=1S/C16H21NO3/c1-3-12-6-4-5-7-13(12)15(18)17-9-8-11(2)10-14(17)16(19)20/h4-7,11,14H,3,8-10H2,1-2H3,(H,19,20). The minimum Gasteiger partial charge on any atom is -0.480 e. The van der Waals surface area contributed by atoms with Crippen LogP contribution in [0.1, 0.15) is 42.6 Å². The minimum absolute atomic E-state index is 0.151.